The van der Waals surface area contributed by atoms with Gasteiger partial charge in [-0.15, -0.1) is 0 Å². The van der Waals surface area contributed by atoms with Gasteiger partial charge in [0, 0.05) is 13.3 Å². The van der Waals surface area contributed by atoms with Crippen molar-refractivity contribution in [2.24, 2.45) is 0 Å². The molecule has 0 radical (unpaired) electrons. The van der Waals surface area contributed by atoms with Crippen molar-refractivity contribution in [3.8, 4) is 0 Å². The highest BCUT2D eigenvalue weighted by Crippen LogP contribution is 2.25. The number of rotatable bonds is 6. The Kier molecular flexibility index (Phi) is 5.31. The minimum absolute atomic E-state index is 0.353. The first-order valence-corrected chi connectivity index (χ1v) is 7.07. The van der Waals surface area contributed by atoms with E-state index >= 15 is 0 Å². The second-order valence-electron chi connectivity index (χ2n) is 5.06. The molecule has 4 nitrogen and oxygen atoms in total. The van der Waals surface area contributed by atoms with Gasteiger partial charge < -0.3 is 9.84 Å². The summed E-state index contributed by atoms with van der Waals surface area (Å²) in [6, 6.07) is 18.3. The third-order valence-electron chi connectivity index (χ3n) is 3.39. The summed E-state index contributed by atoms with van der Waals surface area (Å²) in [4.78, 5) is 23.1. The van der Waals surface area contributed by atoms with Gasteiger partial charge in [-0.3, -0.25) is 9.59 Å². The molecule has 0 fully saturated rings. The van der Waals surface area contributed by atoms with Gasteiger partial charge in [-0.1, -0.05) is 60.7 Å². The summed E-state index contributed by atoms with van der Waals surface area (Å²) in [5.74, 6) is -2.39. The van der Waals surface area contributed by atoms with Crippen molar-refractivity contribution in [3.05, 3.63) is 71.8 Å². The summed E-state index contributed by atoms with van der Waals surface area (Å²) in [5.41, 5.74) is 1.55. The van der Waals surface area contributed by atoms with Crippen LogP contribution in [0.2, 0.25) is 0 Å². The Balaban J connectivity index is 2.32. The van der Waals surface area contributed by atoms with Crippen molar-refractivity contribution < 1.29 is 19.4 Å². The monoisotopic (exact) mass is 298 g/mol. The minimum atomic E-state index is -1.01. The highest BCUT2D eigenvalue weighted by Gasteiger charge is 2.32. The summed E-state index contributed by atoms with van der Waals surface area (Å²) < 4.78 is 5.31. The third kappa shape index (κ3) is 4.19. The Bertz CT molecular complexity index is 622. The van der Waals surface area contributed by atoms with Crippen LogP contribution in [0.5, 0.6) is 0 Å². The van der Waals surface area contributed by atoms with Gasteiger partial charge in [0.25, 0.3) is 0 Å². The molecule has 0 saturated carbocycles. The van der Waals surface area contributed by atoms with Gasteiger partial charge in [0.15, 0.2) is 0 Å². The predicted octanol–water partition coefficient (Wildman–Crippen LogP) is 3.03. The van der Waals surface area contributed by atoms with E-state index in [2.05, 4.69) is 0 Å². The van der Waals surface area contributed by atoms with Gasteiger partial charge in [0.2, 0.25) is 0 Å². The molecule has 2 rings (SSSR count). The van der Waals surface area contributed by atoms with Crippen molar-refractivity contribution in [1.29, 1.82) is 0 Å². The SMILES string of the molecule is CC(=O)OC(Cc1ccccc1)C(C(=O)O)c1ccccc1. The summed E-state index contributed by atoms with van der Waals surface area (Å²) in [6.45, 7) is 1.29. The average Bonchev–Trinajstić information content (AvgIpc) is 2.48. The number of ether oxygens (including phenoxy) is 1. The molecule has 2 aromatic rings. The molecule has 114 valence electrons. The predicted molar refractivity (Wildman–Crippen MR) is 82.5 cm³/mol. The van der Waals surface area contributed by atoms with Crippen LogP contribution in [0.4, 0.5) is 0 Å². The topological polar surface area (TPSA) is 63.6 Å². The lowest BCUT2D eigenvalue weighted by atomic mass is 9.89. The molecular formula is C18H18O4. The molecule has 0 aliphatic rings. The molecule has 2 atom stereocenters. The van der Waals surface area contributed by atoms with E-state index in [4.69, 9.17) is 4.74 Å². The molecule has 4 heteroatoms. The molecular weight excluding hydrogens is 280 g/mol. The maximum absolute atomic E-state index is 11.7. The summed E-state index contributed by atoms with van der Waals surface area (Å²) in [5, 5.41) is 9.60. The van der Waals surface area contributed by atoms with E-state index < -0.39 is 24.0 Å². The lowest BCUT2D eigenvalue weighted by Gasteiger charge is -2.24. The first-order valence-electron chi connectivity index (χ1n) is 7.07. The summed E-state index contributed by atoms with van der Waals surface area (Å²) in [7, 11) is 0. The van der Waals surface area contributed by atoms with Crippen LogP contribution in [0.25, 0.3) is 0 Å². The number of carboxylic acid groups (broad SMARTS) is 1. The van der Waals surface area contributed by atoms with Gasteiger partial charge in [0.1, 0.15) is 12.0 Å². The summed E-state index contributed by atoms with van der Waals surface area (Å²) in [6.07, 6.45) is -0.397. The van der Waals surface area contributed by atoms with E-state index in [0.29, 0.717) is 12.0 Å². The third-order valence-corrected chi connectivity index (χ3v) is 3.39. The Labute approximate surface area is 129 Å². The molecule has 2 unspecified atom stereocenters. The standard InChI is InChI=1S/C18H18O4/c1-13(19)22-16(12-14-8-4-2-5-9-14)17(18(20)21)15-10-6-3-7-11-15/h2-11,16-17H,12H2,1H3,(H,20,21). The molecule has 0 aliphatic heterocycles. The van der Waals surface area contributed by atoms with Crippen molar-refractivity contribution in [2.75, 3.05) is 0 Å². The zero-order valence-corrected chi connectivity index (χ0v) is 12.3. The molecule has 22 heavy (non-hydrogen) atoms. The minimum Gasteiger partial charge on any atom is -0.481 e. The first kappa shape index (κ1) is 15.8. The second kappa shape index (κ2) is 7.41. The van der Waals surface area contributed by atoms with Gasteiger partial charge in [-0.2, -0.15) is 0 Å². The van der Waals surface area contributed by atoms with Crippen LogP contribution in [0.3, 0.4) is 0 Å². The smallest absolute Gasteiger partial charge is 0.314 e. The van der Waals surface area contributed by atoms with Crippen LogP contribution in [-0.4, -0.2) is 23.1 Å². The van der Waals surface area contributed by atoms with Crippen LogP contribution in [0.15, 0.2) is 60.7 Å². The molecule has 1 N–H and O–H groups in total. The number of esters is 1. The van der Waals surface area contributed by atoms with Gasteiger partial charge >= 0.3 is 11.9 Å². The fraction of sp³-hybridized carbons (Fsp3) is 0.222. The van der Waals surface area contributed by atoms with Crippen LogP contribution < -0.4 is 0 Å². The number of hydrogen-bond donors (Lipinski definition) is 1. The lowest BCUT2D eigenvalue weighted by molar-refractivity contribution is -0.152. The quantitative estimate of drug-likeness (QED) is 0.833. The number of hydrogen-bond acceptors (Lipinski definition) is 3. The van der Waals surface area contributed by atoms with Crippen molar-refractivity contribution in [2.45, 2.75) is 25.4 Å². The van der Waals surface area contributed by atoms with Gasteiger partial charge in [-0.25, -0.2) is 0 Å². The van der Waals surface area contributed by atoms with E-state index in [-0.39, 0.29) is 0 Å². The lowest BCUT2D eigenvalue weighted by Crippen LogP contribution is -2.32. The van der Waals surface area contributed by atoms with Crippen LogP contribution >= 0.6 is 0 Å². The van der Waals surface area contributed by atoms with Gasteiger partial charge in [0.05, 0.1) is 0 Å². The fourth-order valence-corrected chi connectivity index (χ4v) is 2.46. The largest absolute Gasteiger partial charge is 0.481 e. The van der Waals surface area contributed by atoms with E-state index in [0.717, 1.165) is 5.56 Å². The Morgan fingerprint density at radius 1 is 1.00 bits per heavy atom. The van der Waals surface area contributed by atoms with Crippen molar-refractivity contribution >= 4 is 11.9 Å². The van der Waals surface area contributed by atoms with Crippen LogP contribution in [-0.2, 0) is 20.7 Å². The molecule has 0 heterocycles. The molecule has 0 bridgehead atoms. The normalized spacial score (nSPS) is 13.1. The molecule has 0 amide bonds. The maximum atomic E-state index is 11.7. The van der Waals surface area contributed by atoms with Crippen molar-refractivity contribution in [3.63, 3.8) is 0 Å². The maximum Gasteiger partial charge on any atom is 0.314 e. The molecule has 2 aromatic carbocycles. The highest BCUT2D eigenvalue weighted by atomic mass is 16.5. The Morgan fingerprint density at radius 2 is 1.55 bits per heavy atom. The van der Waals surface area contributed by atoms with Gasteiger partial charge in [-0.05, 0) is 11.1 Å². The zero-order chi connectivity index (χ0) is 15.9. The molecule has 0 spiro atoms. The van der Waals surface area contributed by atoms with E-state index in [9.17, 15) is 14.7 Å². The molecule has 0 aliphatic carbocycles. The number of carboxylic acids is 1. The number of aliphatic carboxylic acids is 1. The average molecular weight is 298 g/mol. The fourth-order valence-electron chi connectivity index (χ4n) is 2.46. The number of carbonyl (C=O) groups is 2. The van der Waals surface area contributed by atoms with Crippen molar-refractivity contribution in [1.82, 2.24) is 0 Å². The van der Waals surface area contributed by atoms with E-state index in [1.54, 1.807) is 24.3 Å². The molecule has 0 saturated heterocycles. The van der Waals surface area contributed by atoms with Crippen LogP contribution in [0, 0.1) is 0 Å². The highest BCUT2D eigenvalue weighted by molar-refractivity contribution is 5.78. The number of benzene rings is 2. The van der Waals surface area contributed by atoms with E-state index in [1.165, 1.54) is 6.92 Å². The second-order valence-corrected chi connectivity index (χ2v) is 5.06. The first-order chi connectivity index (χ1) is 10.6. The summed E-state index contributed by atoms with van der Waals surface area (Å²) >= 11 is 0. The number of carbonyl (C=O) groups excluding carboxylic acids is 1. The van der Waals surface area contributed by atoms with E-state index in [1.807, 2.05) is 36.4 Å². The molecule has 0 aromatic heterocycles. The van der Waals surface area contributed by atoms with Crippen LogP contribution in [0.1, 0.15) is 24.0 Å². The zero-order valence-electron chi connectivity index (χ0n) is 12.3. The Hall–Kier alpha value is -2.62. The Morgan fingerprint density at radius 3 is 2.05 bits per heavy atom.